The van der Waals surface area contributed by atoms with Gasteiger partial charge < -0.3 is 19.8 Å². The first-order valence-corrected chi connectivity index (χ1v) is 5.09. The molecule has 1 aromatic heterocycles. The second kappa shape index (κ2) is 5.49. The summed E-state index contributed by atoms with van der Waals surface area (Å²) in [5.41, 5.74) is 6.09. The van der Waals surface area contributed by atoms with Crippen molar-refractivity contribution < 1.29 is 14.3 Å². The average molecular weight is 240 g/mol. The average Bonchev–Trinajstić information content (AvgIpc) is 2.31. The number of methoxy groups -OCH3 is 1. The lowest BCUT2D eigenvalue weighted by Gasteiger charge is -2.12. The highest BCUT2D eigenvalue weighted by Gasteiger charge is 2.14. The molecule has 0 unspecified atom stereocenters. The molecular formula is C11H16N2O4. The van der Waals surface area contributed by atoms with E-state index in [9.17, 15) is 9.59 Å². The molecule has 0 radical (unpaired) electrons. The van der Waals surface area contributed by atoms with Gasteiger partial charge in [0, 0.05) is 18.8 Å². The molecule has 0 amide bonds. The summed E-state index contributed by atoms with van der Waals surface area (Å²) in [4.78, 5) is 22.5. The van der Waals surface area contributed by atoms with Crippen LogP contribution in [0.15, 0.2) is 16.9 Å². The van der Waals surface area contributed by atoms with E-state index in [-0.39, 0.29) is 12.2 Å². The zero-order chi connectivity index (χ0) is 13.0. The van der Waals surface area contributed by atoms with Gasteiger partial charge in [0.1, 0.15) is 18.4 Å². The standard InChI is InChI=1S/C11H16N2O4/c1-7-4-8(5-10(14)13(7)2)17-6-9(12)11(15)16-3/h4-5,9H,6,12H2,1-3H3/t9-/m0/s1. The first-order valence-electron chi connectivity index (χ1n) is 5.09. The fourth-order valence-corrected chi connectivity index (χ4v) is 1.23. The predicted molar refractivity (Wildman–Crippen MR) is 61.9 cm³/mol. The Labute approximate surface area is 98.9 Å². The molecule has 0 bridgehead atoms. The summed E-state index contributed by atoms with van der Waals surface area (Å²) in [5.74, 6) is -0.157. The van der Waals surface area contributed by atoms with Crippen LogP contribution in [-0.2, 0) is 16.6 Å². The molecule has 1 rings (SSSR count). The van der Waals surface area contributed by atoms with E-state index in [1.54, 1.807) is 20.0 Å². The second-order valence-corrected chi connectivity index (χ2v) is 3.67. The normalized spacial score (nSPS) is 12.0. The topological polar surface area (TPSA) is 83.5 Å². The third kappa shape index (κ3) is 3.32. The lowest BCUT2D eigenvalue weighted by atomic mass is 10.3. The molecule has 1 heterocycles. The predicted octanol–water partition coefficient (Wildman–Crippen LogP) is -0.427. The van der Waals surface area contributed by atoms with Gasteiger partial charge in [0.25, 0.3) is 5.56 Å². The van der Waals surface area contributed by atoms with Gasteiger partial charge in [-0.05, 0) is 13.0 Å². The SMILES string of the molecule is COC(=O)[C@@H](N)COc1cc(C)n(C)c(=O)c1. The van der Waals surface area contributed by atoms with E-state index in [0.29, 0.717) is 5.75 Å². The van der Waals surface area contributed by atoms with Gasteiger partial charge in [0.05, 0.1) is 7.11 Å². The molecule has 94 valence electrons. The van der Waals surface area contributed by atoms with Crippen LogP contribution in [0.2, 0.25) is 0 Å². The number of ether oxygens (including phenoxy) is 2. The maximum atomic E-state index is 11.5. The van der Waals surface area contributed by atoms with Crippen molar-refractivity contribution in [1.29, 1.82) is 0 Å². The van der Waals surface area contributed by atoms with E-state index in [0.717, 1.165) is 5.69 Å². The molecule has 0 saturated carbocycles. The number of carbonyl (C=O) groups is 1. The number of pyridine rings is 1. The number of hydrogen-bond donors (Lipinski definition) is 1. The van der Waals surface area contributed by atoms with E-state index < -0.39 is 12.0 Å². The Morgan fingerprint density at radius 2 is 2.18 bits per heavy atom. The number of rotatable bonds is 4. The third-order valence-electron chi connectivity index (χ3n) is 2.41. The molecule has 17 heavy (non-hydrogen) atoms. The third-order valence-corrected chi connectivity index (χ3v) is 2.41. The largest absolute Gasteiger partial charge is 0.491 e. The molecule has 6 heteroatoms. The highest BCUT2D eigenvalue weighted by atomic mass is 16.5. The van der Waals surface area contributed by atoms with Gasteiger partial charge >= 0.3 is 5.97 Å². The van der Waals surface area contributed by atoms with Gasteiger partial charge in [-0.3, -0.25) is 9.59 Å². The highest BCUT2D eigenvalue weighted by molar-refractivity contribution is 5.75. The van der Waals surface area contributed by atoms with Gasteiger partial charge in [-0.25, -0.2) is 0 Å². The Balaban J connectivity index is 2.71. The van der Waals surface area contributed by atoms with Crippen molar-refractivity contribution >= 4 is 5.97 Å². The Morgan fingerprint density at radius 1 is 1.53 bits per heavy atom. The van der Waals surface area contributed by atoms with E-state index in [1.165, 1.54) is 17.7 Å². The minimum atomic E-state index is -0.857. The van der Waals surface area contributed by atoms with Crippen molar-refractivity contribution in [2.45, 2.75) is 13.0 Å². The monoisotopic (exact) mass is 240 g/mol. The molecular weight excluding hydrogens is 224 g/mol. The zero-order valence-corrected chi connectivity index (χ0v) is 10.1. The molecule has 1 atom stereocenters. The van der Waals surface area contributed by atoms with E-state index >= 15 is 0 Å². The van der Waals surface area contributed by atoms with Crippen molar-refractivity contribution in [2.75, 3.05) is 13.7 Å². The molecule has 0 saturated heterocycles. The number of carbonyl (C=O) groups excluding carboxylic acids is 1. The first-order chi connectivity index (χ1) is 7.95. The summed E-state index contributed by atoms with van der Waals surface area (Å²) >= 11 is 0. The minimum absolute atomic E-state index is 0.0285. The number of nitrogens with zero attached hydrogens (tertiary/aromatic N) is 1. The Kier molecular flexibility index (Phi) is 4.28. The fourth-order valence-electron chi connectivity index (χ4n) is 1.23. The van der Waals surface area contributed by atoms with Crippen LogP contribution in [-0.4, -0.2) is 30.3 Å². The Bertz CT molecular complexity index is 467. The Hall–Kier alpha value is -1.82. The first kappa shape index (κ1) is 13.2. The number of aryl methyl sites for hydroxylation is 1. The van der Waals surface area contributed by atoms with Crippen LogP contribution in [0.4, 0.5) is 0 Å². The lowest BCUT2D eigenvalue weighted by Crippen LogP contribution is -2.37. The van der Waals surface area contributed by atoms with Gasteiger partial charge in [0.15, 0.2) is 0 Å². The van der Waals surface area contributed by atoms with Crippen LogP contribution in [0.1, 0.15) is 5.69 Å². The summed E-state index contributed by atoms with van der Waals surface area (Å²) in [6.07, 6.45) is 0. The van der Waals surface area contributed by atoms with Crippen LogP contribution >= 0.6 is 0 Å². The van der Waals surface area contributed by atoms with Crippen molar-refractivity contribution in [3.05, 3.63) is 28.2 Å². The molecule has 0 spiro atoms. The summed E-state index contributed by atoms with van der Waals surface area (Å²) < 4.78 is 11.2. The summed E-state index contributed by atoms with van der Waals surface area (Å²) in [6.45, 7) is 1.76. The van der Waals surface area contributed by atoms with E-state index in [2.05, 4.69) is 4.74 Å². The maximum absolute atomic E-state index is 11.5. The number of hydrogen-bond acceptors (Lipinski definition) is 5. The zero-order valence-electron chi connectivity index (χ0n) is 10.1. The summed E-state index contributed by atoms with van der Waals surface area (Å²) in [6, 6.07) is 2.19. The van der Waals surface area contributed by atoms with Crippen molar-refractivity contribution in [3.8, 4) is 5.75 Å². The Morgan fingerprint density at radius 3 is 2.71 bits per heavy atom. The van der Waals surface area contributed by atoms with Crippen LogP contribution in [0.3, 0.4) is 0 Å². The fraction of sp³-hybridized carbons (Fsp3) is 0.455. The van der Waals surface area contributed by atoms with Gasteiger partial charge in [-0.2, -0.15) is 0 Å². The van der Waals surface area contributed by atoms with Crippen molar-refractivity contribution in [3.63, 3.8) is 0 Å². The van der Waals surface area contributed by atoms with E-state index in [1.807, 2.05) is 0 Å². The molecule has 0 fully saturated rings. The molecule has 0 aromatic carbocycles. The van der Waals surface area contributed by atoms with Gasteiger partial charge in [0.2, 0.25) is 0 Å². The van der Waals surface area contributed by atoms with Gasteiger partial charge in [-0.1, -0.05) is 0 Å². The molecule has 0 aliphatic heterocycles. The van der Waals surface area contributed by atoms with Crippen molar-refractivity contribution in [1.82, 2.24) is 4.57 Å². The number of esters is 1. The van der Waals surface area contributed by atoms with Crippen LogP contribution < -0.4 is 16.0 Å². The molecule has 6 nitrogen and oxygen atoms in total. The second-order valence-electron chi connectivity index (χ2n) is 3.67. The smallest absolute Gasteiger partial charge is 0.326 e. The summed E-state index contributed by atoms with van der Waals surface area (Å²) in [5, 5.41) is 0. The molecule has 1 aromatic rings. The van der Waals surface area contributed by atoms with Crippen LogP contribution in [0.5, 0.6) is 5.75 Å². The minimum Gasteiger partial charge on any atom is -0.491 e. The molecule has 0 aliphatic rings. The van der Waals surface area contributed by atoms with Gasteiger partial charge in [-0.15, -0.1) is 0 Å². The number of aromatic nitrogens is 1. The van der Waals surface area contributed by atoms with Crippen molar-refractivity contribution in [2.24, 2.45) is 12.8 Å². The summed E-state index contributed by atoms with van der Waals surface area (Å²) in [7, 11) is 2.92. The molecule has 0 aliphatic carbocycles. The van der Waals surface area contributed by atoms with Crippen LogP contribution in [0.25, 0.3) is 0 Å². The lowest BCUT2D eigenvalue weighted by molar-refractivity contribution is -0.142. The maximum Gasteiger partial charge on any atom is 0.326 e. The number of nitrogens with two attached hydrogens (primary N) is 1. The van der Waals surface area contributed by atoms with Crippen LogP contribution in [0, 0.1) is 6.92 Å². The quantitative estimate of drug-likeness (QED) is 0.722. The highest BCUT2D eigenvalue weighted by Crippen LogP contribution is 2.09. The molecule has 2 N–H and O–H groups in total. The van der Waals surface area contributed by atoms with E-state index in [4.69, 9.17) is 10.5 Å².